The summed E-state index contributed by atoms with van der Waals surface area (Å²) in [6.45, 7) is 3.27. The number of carboxylic acids is 1. The van der Waals surface area contributed by atoms with Crippen molar-refractivity contribution in [1.82, 2.24) is 0 Å². The van der Waals surface area contributed by atoms with Crippen LogP contribution in [-0.4, -0.2) is 28.6 Å². The zero-order chi connectivity index (χ0) is 18.9. The summed E-state index contributed by atoms with van der Waals surface area (Å²) >= 11 is 6.08. The fourth-order valence-corrected chi connectivity index (χ4v) is 3.27. The number of hydrogen-bond acceptors (Lipinski definition) is 3. The standard InChI is InChI=1S/C20H20ClNO4/c1-20(2)19(25)22(16-12-14(21)9-11-17(16)26-20)15(18(23)24)10-8-13-6-4-3-5-7-13/h3-7,9,11-12,15H,8,10H2,1-2H3,(H,23,24). The van der Waals surface area contributed by atoms with Crippen molar-refractivity contribution in [2.24, 2.45) is 0 Å². The minimum atomic E-state index is -1.15. The zero-order valence-corrected chi connectivity index (χ0v) is 15.4. The summed E-state index contributed by atoms with van der Waals surface area (Å²) in [4.78, 5) is 26.3. The summed E-state index contributed by atoms with van der Waals surface area (Å²) < 4.78 is 5.77. The second-order valence-electron chi connectivity index (χ2n) is 6.78. The molecule has 0 saturated carbocycles. The molecule has 0 radical (unpaired) electrons. The Kier molecular flexibility index (Phi) is 4.92. The molecule has 1 aliphatic heterocycles. The van der Waals surface area contributed by atoms with Crippen LogP contribution in [0.5, 0.6) is 5.75 Å². The Morgan fingerprint density at radius 3 is 2.58 bits per heavy atom. The van der Waals surface area contributed by atoms with Gasteiger partial charge < -0.3 is 9.84 Å². The first-order chi connectivity index (χ1) is 12.3. The molecule has 1 unspecified atom stereocenters. The number of aryl methyl sites for hydroxylation is 1. The lowest BCUT2D eigenvalue weighted by atomic mass is 9.98. The van der Waals surface area contributed by atoms with Crippen LogP contribution in [0.15, 0.2) is 48.5 Å². The summed E-state index contributed by atoms with van der Waals surface area (Å²) in [6, 6.07) is 13.5. The average molecular weight is 374 g/mol. The number of halogens is 1. The number of carbonyl (C=O) groups is 2. The molecule has 5 nitrogen and oxygen atoms in total. The number of rotatable bonds is 5. The molecular formula is C20H20ClNO4. The van der Waals surface area contributed by atoms with Crippen LogP contribution in [-0.2, 0) is 16.0 Å². The maximum Gasteiger partial charge on any atom is 0.326 e. The highest BCUT2D eigenvalue weighted by atomic mass is 35.5. The van der Waals surface area contributed by atoms with Crippen LogP contribution in [0.4, 0.5) is 5.69 Å². The molecular weight excluding hydrogens is 354 g/mol. The number of anilines is 1. The first-order valence-corrected chi connectivity index (χ1v) is 8.76. The summed E-state index contributed by atoms with van der Waals surface area (Å²) in [6.07, 6.45) is 0.825. The van der Waals surface area contributed by atoms with Crippen LogP contribution < -0.4 is 9.64 Å². The Balaban J connectivity index is 1.98. The lowest BCUT2D eigenvalue weighted by Crippen LogP contribution is -2.58. The molecule has 1 aliphatic rings. The molecule has 0 fully saturated rings. The van der Waals surface area contributed by atoms with E-state index in [4.69, 9.17) is 16.3 Å². The average Bonchev–Trinajstić information content (AvgIpc) is 2.59. The van der Waals surface area contributed by atoms with Crippen molar-refractivity contribution in [1.29, 1.82) is 0 Å². The summed E-state index contributed by atoms with van der Waals surface area (Å²) in [5, 5.41) is 10.2. The lowest BCUT2D eigenvalue weighted by molar-refractivity contribution is -0.143. The predicted molar refractivity (Wildman–Crippen MR) is 99.8 cm³/mol. The Labute approximate surface area is 157 Å². The van der Waals surface area contributed by atoms with Gasteiger partial charge in [0.05, 0.1) is 5.69 Å². The molecule has 2 aromatic carbocycles. The van der Waals surface area contributed by atoms with Crippen molar-refractivity contribution in [3.05, 3.63) is 59.1 Å². The van der Waals surface area contributed by atoms with Crippen molar-refractivity contribution < 1.29 is 19.4 Å². The fraction of sp³-hybridized carbons (Fsp3) is 0.300. The summed E-state index contributed by atoms with van der Waals surface area (Å²) in [5.41, 5.74) is 0.258. The van der Waals surface area contributed by atoms with E-state index in [1.807, 2.05) is 30.3 Å². The van der Waals surface area contributed by atoms with E-state index in [0.717, 1.165) is 5.56 Å². The van der Waals surface area contributed by atoms with Gasteiger partial charge in [0.15, 0.2) is 5.60 Å². The summed E-state index contributed by atoms with van der Waals surface area (Å²) in [7, 11) is 0. The first-order valence-electron chi connectivity index (χ1n) is 8.38. The van der Waals surface area contributed by atoms with Gasteiger partial charge in [-0.3, -0.25) is 9.69 Å². The van der Waals surface area contributed by atoms with Gasteiger partial charge in [0.25, 0.3) is 5.91 Å². The minimum Gasteiger partial charge on any atom is -0.480 e. The third-order valence-corrected chi connectivity index (χ3v) is 4.66. The molecule has 26 heavy (non-hydrogen) atoms. The van der Waals surface area contributed by atoms with E-state index in [1.165, 1.54) is 4.90 Å². The van der Waals surface area contributed by atoms with Crippen LogP contribution in [0.2, 0.25) is 5.02 Å². The number of fused-ring (bicyclic) bond motifs is 1. The molecule has 1 atom stereocenters. The largest absolute Gasteiger partial charge is 0.480 e. The highest BCUT2D eigenvalue weighted by molar-refractivity contribution is 6.31. The van der Waals surface area contributed by atoms with Crippen molar-refractivity contribution in [3.8, 4) is 5.75 Å². The Morgan fingerprint density at radius 1 is 1.23 bits per heavy atom. The van der Waals surface area contributed by atoms with E-state index >= 15 is 0 Å². The van der Waals surface area contributed by atoms with Gasteiger partial charge >= 0.3 is 5.97 Å². The lowest BCUT2D eigenvalue weighted by Gasteiger charge is -2.41. The van der Waals surface area contributed by atoms with Gasteiger partial charge in [-0.05, 0) is 50.5 Å². The van der Waals surface area contributed by atoms with Crippen molar-refractivity contribution in [2.75, 3.05) is 4.90 Å². The van der Waals surface area contributed by atoms with E-state index in [-0.39, 0.29) is 6.42 Å². The summed E-state index contributed by atoms with van der Waals surface area (Å²) in [5.74, 6) is -1.00. The van der Waals surface area contributed by atoms with Gasteiger partial charge in [-0.15, -0.1) is 0 Å². The quantitative estimate of drug-likeness (QED) is 0.862. The number of carbonyl (C=O) groups excluding carboxylic acids is 1. The van der Waals surface area contributed by atoms with Crippen LogP contribution in [0.25, 0.3) is 0 Å². The van der Waals surface area contributed by atoms with E-state index in [1.54, 1.807) is 32.0 Å². The van der Waals surface area contributed by atoms with Crippen LogP contribution >= 0.6 is 11.6 Å². The van der Waals surface area contributed by atoms with E-state index < -0.39 is 23.5 Å². The highest BCUT2D eigenvalue weighted by Gasteiger charge is 2.45. The van der Waals surface area contributed by atoms with Gasteiger partial charge in [0, 0.05) is 5.02 Å². The van der Waals surface area contributed by atoms with Crippen LogP contribution in [0, 0.1) is 0 Å². The van der Waals surface area contributed by atoms with Crippen LogP contribution in [0.3, 0.4) is 0 Å². The highest BCUT2D eigenvalue weighted by Crippen LogP contribution is 2.41. The van der Waals surface area contributed by atoms with Gasteiger partial charge in [-0.2, -0.15) is 0 Å². The normalized spacial score (nSPS) is 16.6. The molecule has 2 aromatic rings. The topological polar surface area (TPSA) is 66.8 Å². The number of amides is 1. The first kappa shape index (κ1) is 18.3. The maximum absolute atomic E-state index is 13.0. The molecule has 0 saturated heterocycles. The molecule has 1 amide bonds. The smallest absolute Gasteiger partial charge is 0.326 e. The molecule has 6 heteroatoms. The van der Waals surface area contributed by atoms with E-state index in [2.05, 4.69) is 0 Å². The number of ether oxygens (including phenoxy) is 1. The van der Waals surface area contributed by atoms with E-state index in [9.17, 15) is 14.7 Å². The third-order valence-electron chi connectivity index (χ3n) is 4.43. The molecule has 3 rings (SSSR count). The molecule has 1 N–H and O–H groups in total. The van der Waals surface area contributed by atoms with Gasteiger partial charge in [0.2, 0.25) is 0 Å². The molecule has 0 aliphatic carbocycles. The van der Waals surface area contributed by atoms with E-state index in [0.29, 0.717) is 22.9 Å². The predicted octanol–water partition coefficient (Wildman–Crippen LogP) is 3.93. The maximum atomic E-state index is 13.0. The fourth-order valence-electron chi connectivity index (χ4n) is 3.10. The van der Waals surface area contributed by atoms with Gasteiger partial charge in [0.1, 0.15) is 11.8 Å². The van der Waals surface area contributed by atoms with Gasteiger partial charge in [-0.1, -0.05) is 41.9 Å². The molecule has 1 heterocycles. The number of carboxylic acid groups (broad SMARTS) is 1. The molecule has 0 bridgehead atoms. The molecule has 0 aromatic heterocycles. The molecule has 136 valence electrons. The third kappa shape index (κ3) is 3.53. The number of hydrogen-bond donors (Lipinski definition) is 1. The minimum absolute atomic E-state index is 0.285. The van der Waals surface area contributed by atoms with Gasteiger partial charge in [-0.25, -0.2) is 4.79 Å². The Hall–Kier alpha value is -2.53. The monoisotopic (exact) mass is 373 g/mol. The number of benzene rings is 2. The zero-order valence-electron chi connectivity index (χ0n) is 14.6. The number of nitrogens with zero attached hydrogens (tertiary/aromatic N) is 1. The SMILES string of the molecule is CC1(C)Oc2ccc(Cl)cc2N(C(CCc2ccccc2)C(=O)O)C1=O. The van der Waals surface area contributed by atoms with Crippen molar-refractivity contribution in [2.45, 2.75) is 38.3 Å². The Bertz CT molecular complexity index is 835. The Morgan fingerprint density at radius 2 is 1.92 bits per heavy atom. The number of aliphatic carboxylic acids is 1. The second-order valence-corrected chi connectivity index (χ2v) is 7.21. The van der Waals surface area contributed by atoms with Crippen LogP contribution in [0.1, 0.15) is 25.8 Å². The molecule has 0 spiro atoms. The van der Waals surface area contributed by atoms with Crippen molar-refractivity contribution in [3.63, 3.8) is 0 Å². The van der Waals surface area contributed by atoms with Crippen molar-refractivity contribution >= 4 is 29.2 Å². The second kappa shape index (κ2) is 7.00.